The summed E-state index contributed by atoms with van der Waals surface area (Å²) >= 11 is 0. The second-order valence-electron chi connectivity index (χ2n) is 4.77. The summed E-state index contributed by atoms with van der Waals surface area (Å²) in [6, 6.07) is 8.82. The third-order valence-corrected chi connectivity index (χ3v) is 3.82. The Hall–Kier alpha value is -1.32. The average Bonchev–Trinajstić information content (AvgIpc) is 2.72. The zero-order valence-electron chi connectivity index (χ0n) is 9.89. The smallest absolute Gasteiger partial charge is 0.0587 e. The molecule has 17 heavy (non-hydrogen) atoms. The molecule has 0 spiro atoms. The van der Waals surface area contributed by atoms with E-state index in [4.69, 9.17) is 5.11 Å². The van der Waals surface area contributed by atoms with E-state index in [-0.39, 0.29) is 0 Å². The molecule has 1 saturated heterocycles. The molecule has 0 radical (unpaired) electrons. The Morgan fingerprint density at radius 3 is 3.00 bits per heavy atom. The molecule has 0 bridgehead atoms. The molecule has 2 N–H and O–H groups in total. The van der Waals surface area contributed by atoms with Crippen molar-refractivity contribution >= 4 is 10.9 Å². The third-order valence-electron chi connectivity index (χ3n) is 3.82. The number of rotatable bonds is 4. The minimum absolute atomic E-state index is 0.299. The van der Waals surface area contributed by atoms with Crippen molar-refractivity contribution in [3.8, 4) is 0 Å². The first kappa shape index (κ1) is 10.8. The Labute approximate surface area is 101 Å². The lowest BCUT2D eigenvalue weighted by atomic mass is 10.0. The van der Waals surface area contributed by atoms with Gasteiger partial charge in [0.25, 0.3) is 0 Å². The Bertz CT molecular complexity index is 504. The number of aromatic nitrogens is 1. The van der Waals surface area contributed by atoms with Gasteiger partial charge in [-0.2, -0.15) is 0 Å². The second kappa shape index (κ2) is 4.51. The highest BCUT2D eigenvalue weighted by atomic mass is 16.3. The van der Waals surface area contributed by atoms with Crippen LogP contribution in [-0.4, -0.2) is 40.7 Å². The van der Waals surface area contributed by atoms with E-state index < -0.39 is 0 Å². The van der Waals surface area contributed by atoms with E-state index in [9.17, 15) is 0 Å². The van der Waals surface area contributed by atoms with E-state index in [1.807, 2.05) is 0 Å². The predicted molar refractivity (Wildman–Crippen MR) is 69.1 cm³/mol. The maximum absolute atomic E-state index is 9.14. The molecule has 3 nitrogen and oxygen atoms in total. The summed E-state index contributed by atoms with van der Waals surface area (Å²) in [4.78, 5) is 5.67. The fourth-order valence-electron chi connectivity index (χ4n) is 2.60. The molecular formula is C14H18N2O. The number of para-hydroxylation sites is 1. The van der Waals surface area contributed by atoms with Crippen molar-refractivity contribution in [3.63, 3.8) is 0 Å². The number of benzene rings is 1. The fraction of sp³-hybridized carbons (Fsp3) is 0.429. The molecular weight excluding hydrogens is 212 g/mol. The van der Waals surface area contributed by atoms with Crippen LogP contribution >= 0.6 is 0 Å². The van der Waals surface area contributed by atoms with E-state index in [1.54, 1.807) is 0 Å². The molecule has 90 valence electrons. The molecule has 3 rings (SSSR count). The van der Waals surface area contributed by atoms with E-state index in [0.717, 1.165) is 25.9 Å². The van der Waals surface area contributed by atoms with Gasteiger partial charge in [0.05, 0.1) is 6.61 Å². The van der Waals surface area contributed by atoms with Crippen LogP contribution < -0.4 is 0 Å². The Morgan fingerprint density at radius 2 is 2.24 bits per heavy atom. The average molecular weight is 230 g/mol. The largest absolute Gasteiger partial charge is 0.395 e. The number of aliphatic hydroxyl groups is 1. The third kappa shape index (κ3) is 1.96. The highest BCUT2D eigenvalue weighted by Gasteiger charge is 2.26. The molecule has 3 heteroatoms. The van der Waals surface area contributed by atoms with Gasteiger partial charge in [0.15, 0.2) is 0 Å². The Morgan fingerprint density at radius 1 is 1.35 bits per heavy atom. The molecule has 1 aliphatic rings. The molecule has 1 aliphatic heterocycles. The van der Waals surface area contributed by atoms with E-state index in [2.05, 4.69) is 40.3 Å². The number of fused-ring (bicyclic) bond motifs is 1. The van der Waals surface area contributed by atoms with Crippen LogP contribution in [0, 0.1) is 0 Å². The van der Waals surface area contributed by atoms with Gasteiger partial charge >= 0.3 is 0 Å². The minimum Gasteiger partial charge on any atom is -0.395 e. The van der Waals surface area contributed by atoms with Crippen LogP contribution in [0.25, 0.3) is 10.9 Å². The molecule has 1 aromatic carbocycles. The topological polar surface area (TPSA) is 39.3 Å². The summed E-state index contributed by atoms with van der Waals surface area (Å²) in [6.07, 6.45) is 4.31. The fourth-order valence-corrected chi connectivity index (χ4v) is 2.60. The highest BCUT2D eigenvalue weighted by Crippen LogP contribution is 2.21. The molecule has 0 saturated carbocycles. The first-order valence-electron chi connectivity index (χ1n) is 6.28. The molecule has 1 aromatic heterocycles. The lowest BCUT2D eigenvalue weighted by molar-refractivity contribution is 0.0437. The molecule has 1 atom stereocenters. The first-order chi connectivity index (χ1) is 8.38. The van der Waals surface area contributed by atoms with Gasteiger partial charge in [-0.15, -0.1) is 0 Å². The van der Waals surface area contributed by atoms with E-state index in [1.165, 1.54) is 16.5 Å². The molecule has 0 aliphatic carbocycles. The summed E-state index contributed by atoms with van der Waals surface area (Å²) in [5.41, 5.74) is 2.59. The summed E-state index contributed by atoms with van der Waals surface area (Å²) in [5.74, 6) is 0. The van der Waals surface area contributed by atoms with E-state index >= 15 is 0 Å². The van der Waals surface area contributed by atoms with Crippen molar-refractivity contribution in [2.75, 3.05) is 19.7 Å². The monoisotopic (exact) mass is 230 g/mol. The Kier molecular flexibility index (Phi) is 2.87. The number of aromatic amines is 1. The lowest BCUT2D eigenvalue weighted by Crippen LogP contribution is -2.50. The van der Waals surface area contributed by atoms with Crippen LogP contribution in [0.5, 0.6) is 0 Å². The summed E-state index contributed by atoms with van der Waals surface area (Å²) in [6.45, 7) is 2.48. The van der Waals surface area contributed by atoms with Gasteiger partial charge in [-0.1, -0.05) is 18.2 Å². The summed E-state index contributed by atoms with van der Waals surface area (Å²) < 4.78 is 0. The number of hydrogen-bond acceptors (Lipinski definition) is 2. The van der Waals surface area contributed by atoms with Gasteiger partial charge in [-0.05, 0) is 24.5 Å². The zero-order valence-corrected chi connectivity index (χ0v) is 9.89. The van der Waals surface area contributed by atoms with Crippen LogP contribution in [0.2, 0.25) is 0 Å². The van der Waals surface area contributed by atoms with Gasteiger partial charge in [0, 0.05) is 36.2 Å². The quantitative estimate of drug-likeness (QED) is 0.840. The molecule has 1 fully saturated rings. The number of H-pyrrole nitrogens is 1. The normalized spacial score (nSPS) is 20.6. The molecule has 2 heterocycles. The Balaban J connectivity index is 1.69. The summed E-state index contributed by atoms with van der Waals surface area (Å²) in [7, 11) is 0. The number of nitrogens with one attached hydrogen (secondary N) is 1. The number of aliphatic hydroxyl groups excluding tert-OH is 1. The summed E-state index contributed by atoms with van der Waals surface area (Å²) in [5, 5.41) is 10.5. The molecule has 0 unspecified atom stereocenters. The van der Waals surface area contributed by atoms with E-state index in [0.29, 0.717) is 12.6 Å². The van der Waals surface area contributed by atoms with Crippen LogP contribution in [-0.2, 0) is 6.42 Å². The van der Waals surface area contributed by atoms with Crippen molar-refractivity contribution in [1.29, 1.82) is 0 Å². The van der Waals surface area contributed by atoms with Crippen LogP contribution in [0.3, 0.4) is 0 Å². The molecule has 2 aromatic rings. The van der Waals surface area contributed by atoms with Gasteiger partial charge in [-0.25, -0.2) is 0 Å². The zero-order chi connectivity index (χ0) is 11.7. The maximum atomic E-state index is 9.14. The SMILES string of the molecule is OC[C@@H]1CCN1CCc1c[nH]c2ccccc12. The lowest BCUT2D eigenvalue weighted by Gasteiger charge is -2.39. The van der Waals surface area contributed by atoms with Crippen molar-refractivity contribution in [1.82, 2.24) is 9.88 Å². The van der Waals surface area contributed by atoms with Crippen molar-refractivity contribution in [2.24, 2.45) is 0 Å². The second-order valence-corrected chi connectivity index (χ2v) is 4.77. The van der Waals surface area contributed by atoms with Gasteiger partial charge in [0.1, 0.15) is 0 Å². The van der Waals surface area contributed by atoms with Gasteiger partial charge in [-0.3, -0.25) is 4.90 Å². The predicted octanol–water partition coefficient (Wildman–Crippen LogP) is 1.78. The maximum Gasteiger partial charge on any atom is 0.0587 e. The van der Waals surface area contributed by atoms with Crippen molar-refractivity contribution < 1.29 is 5.11 Å². The standard InChI is InChI=1S/C14H18N2O/c17-10-12-6-8-16(12)7-5-11-9-15-14-4-2-1-3-13(11)14/h1-4,9,12,15,17H,5-8,10H2/t12-/m0/s1. The van der Waals surface area contributed by atoms with Crippen molar-refractivity contribution in [2.45, 2.75) is 18.9 Å². The van der Waals surface area contributed by atoms with Crippen molar-refractivity contribution in [3.05, 3.63) is 36.0 Å². The number of hydrogen-bond donors (Lipinski definition) is 2. The van der Waals surface area contributed by atoms with Gasteiger partial charge in [0.2, 0.25) is 0 Å². The first-order valence-corrected chi connectivity index (χ1v) is 6.28. The minimum atomic E-state index is 0.299. The molecule has 0 amide bonds. The highest BCUT2D eigenvalue weighted by molar-refractivity contribution is 5.83. The number of nitrogens with zero attached hydrogens (tertiary/aromatic N) is 1. The number of likely N-dealkylation sites (tertiary alicyclic amines) is 1. The van der Waals surface area contributed by atoms with Crippen LogP contribution in [0.1, 0.15) is 12.0 Å². The van der Waals surface area contributed by atoms with Crippen LogP contribution in [0.4, 0.5) is 0 Å². The van der Waals surface area contributed by atoms with Crippen LogP contribution in [0.15, 0.2) is 30.5 Å². The van der Waals surface area contributed by atoms with Gasteiger partial charge < -0.3 is 10.1 Å².